The molecule has 0 fully saturated rings. The lowest BCUT2D eigenvalue weighted by atomic mass is 10.0. The largest absolute Gasteiger partial charge is 0.356 e. The van der Waals surface area contributed by atoms with Gasteiger partial charge in [0.2, 0.25) is 0 Å². The Balaban J connectivity index is 1.42. The molecular weight excluding hydrogens is 374 g/mol. The highest BCUT2D eigenvalue weighted by molar-refractivity contribution is 5.94. The van der Waals surface area contributed by atoms with Crippen LogP contribution in [0.3, 0.4) is 0 Å². The molecule has 0 aliphatic heterocycles. The van der Waals surface area contributed by atoms with Crippen LogP contribution in [0, 0.1) is 11.6 Å². The van der Waals surface area contributed by atoms with Crippen LogP contribution in [-0.4, -0.2) is 11.1 Å². The Morgan fingerprint density at radius 2 is 1.52 bits per heavy atom. The van der Waals surface area contributed by atoms with Crippen molar-refractivity contribution in [3.05, 3.63) is 102 Å². The fourth-order valence-electron chi connectivity index (χ4n) is 2.90. The van der Waals surface area contributed by atoms with Crippen molar-refractivity contribution in [3.63, 3.8) is 0 Å². The molecule has 0 atom stereocenters. The van der Waals surface area contributed by atoms with Crippen molar-refractivity contribution in [2.24, 2.45) is 0 Å². The first-order chi connectivity index (χ1) is 14.1. The molecule has 144 valence electrons. The molecule has 0 aliphatic carbocycles. The number of nitrogens with one attached hydrogen (secondary N) is 1. The van der Waals surface area contributed by atoms with Crippen LogP contribution >= 0.6 is 0 Å². The molecule has 0 radical (unpaired) electrons. The number of carbonyl (C=O) groups is 1. The fraction of sp³-hybridized carbons (Fsp3) is 0.0435. The first-order valence-electron chi connectivity index (χ1n) is 8.95. The van der Waals surface area contributed by atoms with Crippen molar-refractivity contribution in [2.75, 3.05) is 0 Å². The van der Waals surface area contributed by atoms with Gasteiger partial charge in [-0.3, -0.25) is 4.79 Å². The summed E-state index contributed by atoms with van der Waals surface area (Å²) >= 11 is 0. The van der Waals surface area contributed by atoms with E-state index in [1.807, 2.05) is 54.6 Å². The number of benzene rings is 3. The van der Waals surface area contributed by atoms with Crippen molar-refractivity contribution in [2.45, 2.75) is 6.54 Å². The van der Waals surface area contributed by atoms with Crippen LogP contribution in [0.15, 0.2) is 83.4 Å². The van der Waals surface area contributed by atoms with Gasteiger partial charge in [0.05, 0.1) is 6.54 Å². The summed E-state index contributed by atoms with van der Waals surface area (Å²) in [5.41, 5.74) is 3.62. The Bertz CT molecular complexity index is 1140. The Morgan fingerprint density at radius 1 is 0.828 bits per heavy atom. The van der Waals surface area contributed by atoms with Gasteiger partial charge in [0, 0.05) is 17.2 Å². The monoisotopic (exact) mass is 390 g/mol. The van der Waals surface area contributed by atoms with Crippen LogP contribution in [0.25, 0.3) is 22.5 Å². The maximum absolute atomic E-state index is 13.2. The minimum absolute atomic E-state index is 0.0316. The number of nitrogens with zero attached hydrogens (tertiary/aromatic N) is 1. The van der Waals surface area contributed by atoms with E-state index < -0.39 is 17.5 Å². The zero-order valence-corrected chi connectivity index (χ0v) is 15.2. The summed E-state index contributed by atoms with van der Waals surface area (Å²) in [6, 6.07) is 22.6. The molecule has 1 N–H and O–H groups in total. The average molecular weight is 390 g/mol. The van der Waals surface area contributed by atoms with E-state index in [1.54, 1.807) is 6.07 Å². The third kappa shape index (κ3) is 4.21. The van der Waals surface area contributed by atoms with Gasteiger partial charge >= 0.3 is 0 Å². The number of amides is 1. The summed E-state index contributed by atoms with van der Waals surface area (Å²) in [7, 11) is 0. The second-order valence-electron chi connectivity index (χ2n) is 6.44. The second-order valence-corrected chi connectivity index (χ2v) is 6.44. The first kappa shape index (κ1) is 18.6. The molecule has 4 nitrogen and oxygen atoms in total. The minimum atomic E-state index is -1.07. The highest BCUT2D eigenvalue weighted by Gasteiger charge is 2.12. The molecule has 4 aromatic rings. The third-order valence-electron chi connectivity index (χ3n) is 4.45. The summed E-state index contributed by atoms with van der Waals surface area (Å²) in [5, 5.41) is 6.55. The number of hydrogen-bond donors (Lipinski definition) is 1. The number of carbonyl (C=O) groups excluding carboxylic acids is 1. The van der Waals surface area contributed by atoms with E-state index in [2.05, 4.69) is 10.5 Å². The molecule has 4 rings (SSSR count). The molecule has 3 aromatic carbocycles. The van der Waals surface area contributed by atoms with E-state index in [0.29, 0.717) is 11.5 Å². The van der Waals surface area contributed by atoms with E-state index in [4.69, 9.17) is 4.52 Å². The van der Waals surface area contributed by atoms with Crippen molar-refractivity contribution < 1.29 is 18.1 Å². The van der Waals surface area contributed by atoms with Gasteiger partial charge in [0.25, 0.3) is 5.91 Å². The van der Waals surface area contributed by atoms with Crippen LogP contribution in [0.5, 0.6) is 0 Å². The topological polar surface area (TPSA) is 55.1 Å². The summed E-state index contributed by atoms with van der Waals surface area (Å²) in [5.74, 6) is -2.02. The number of hydrogen-bond acceptors (Lipinski definition) is 3. The quantitative estimate of drug-likeness (QED) is 0.509. The van der Waals surface area contributed by atoms with Crippen LogP contribution in [0.1, 0.15) is 16.1 Å². The maximum atomic E-state index is 13.2. The molecule has 0 spiro atoms. The van der Waals surface area contributed by atoms with E-state index in [-0.39, 0.29) is 12.1 Å². The predicted octanol–water partition coefficient (Wildman–Crippen LogP) is 5.22. The smallest absolute Gasteiger partial charge is 0.251 e. The third-order valence-corrected chi connectivity index (χ3v) is 4.45. The number of halogens is 2. The molecule has 29 heavy (non-hydrogen) atoms. The summed E-state index contributed by atoms with van der Waals surface area (Å²) in [6.07, 6.45) is 0. The highest BCUT2D eigenvalue weighted by atomic mass is 19.2. The van der Waals surface area contributed by atoms with Gasteiger partial charge in [0.1, 0.15) is 5.69 Å². The molecule has 1 aromatic heterocycles. The summed E-state index contributed by atoms with van der Waals surface area (Å²) < 4.78 is 31.6. The molecule has 6 heteroatoms. The van der Waals surface area contributed by atoms with Crippen molar-refractivity contribution in [3.8, 4) is 22.5 Å². The maximum Gasteiger partial charge on any atom is 0.251 e. The zero-order chi connectivity index (χ0) is 20.2. The Labute approximate surface area is 165 Å². The second kappa shape index (κ2) is 8.06. The van der Waals surface area contributed by atoms with E-state index in [9.17, 15) is 13.6 Å². The van der Waals surface area contributed by atoms with Gasteiger partial charge in [-0.15, -0.1) is 0 Å². The standard InChI is InChI=1S/C23H16F2N2O2/c24-20-11-10-18(12-21(20)25)23(28)26-14-19-13-22(29-27-19)17-8-6-16(7-9-17)15-4-2-1-3-5-15/h1-13H,14H2,(H,26,28). The van der Waals surface area contributed by atoms with Crippen LogP contribution < -0.4 is 5.32 Å². The van der Waals surface area contributed by atoms with Gasteiger partial charge in [-0.05, 0) is 29.3 Å². The highest BCUT2D eigenvalue weighted by Crippen LogP contribution is 2.25. The summed E-state index contributed by atoms with van der Waals surface area (Å²) in [6.45, 7) is 0.101. The van der Waals surface area contributed by atoms with Gasteiger partial charge in [-0.1, -0.05) is 59.8 Å². The molecule has 0 unspecified atom stereocenters. The molecule has 0 saturated heterocycles. The van der Waals surface area contributed by atoms with Crippen LogP contribution in [-0.2, 0) is 6.54 Å². The lowest BCUT2D eigenvalue weighted by Crippen LogP contribution is -2.23. The van der Waals surface area contributed by atoms with E-state index >= 15 is 0 Å². The number of rotatable bonds is 5. The van der Waals surface area contributed by atoms with Crippen LogP contribution in [0.2, 0.25) is 0 Å². The molecular formula is C23H16F2N2O2. The zero-order valence-electron chi connectivity index (χ0n) is 15.2. The van der Waals surface area contributed by atoms with Gasteiger partial charge in [0.15, 0.2) is 17.4 Å². The Hall–Kier alpha value is -3.80. The lowest BCUT2D eigenvalue weighted by molar-refractivity contribution is 0.0949. The average Bonchev–Trinajstić information content (AvgIpc) is 3.24. The number of aromatic nitrogens is 1. The molecule has 0 bridgehead atoms. The van der Waals surface area contributed by atoms with Gasteiger partial charge < -0.3 is 9.84 Å². The van der Waals surface area contributed by atoms with Crippen molar-refractivity contribution in [1.82, 2.24) is 10.5 Å². The van der Waals surface area contributed by atoms with Crippen molar-refractivity contribution in [1.29, 1.82) is 0 Å². The SMILES string of the molecule is O=C(NCc1cc(-c2ccc(-c3ccccc3)cc2)on1)c1ccc(F)c(F)c1. The van der Waals surface area contributed by atoms with Gasteiger partial charge in [-0.2, -0.15) is 0 Å². The molecule has 1 amide bonds. The van der Waals surface area contributed by atoms with E-state index in [1.165, 1.54) is 6.07 Å². The Kier molecular flexibility index (Phi) is 5.16. The van der Waals surface area contributed by atoms with Crippen LogP contribution in [0.4, 0.5) is 8.78 Å². The predicted molar refractivity (Wildman–Crippen MR) is 105 cm³/mol. The summed E-state index contributed by atoms with van der Waals surface area (Å²) in [4.78, 5) is 12.1. The minimum Gasteiger partial charge on any atom is -0.356 e. The fourth-order valence-corrected chi connectivity index (χ4v) is 2.90. The molecule has 0 saturated carbocycles. The molecule has 0 aliphatic rings. The first-order valence-corrected chi connectivity index (χ1v) is 8.95. The van der Waals surface area contributed by atoms with Crippen molar-refractivity contribution >= 4 is 5.91 Å². The van der Waals surface area contributed by atoms with E-state index in [0.717, 1.165) is 28.8 Å². The van der Waals surface area contributed by atoms with Gasteiger partial charge in [-0.25, -0.2) is 8.78 Å². The Morgan fingerprint density at radius 3 is 2.24 bits per heavy atom. The normalized spacial score (nSPS) is 10.7. The lowest BCUT2D eigenvalue weighted by Gasteiger charge is -2.03. The molecule has 1 heterocycles.